The summed E-state index contributed by atoms with van der Waals surface area (Å²) in [5.41, 5.74) is 2.82. The number of carbonyl (C=O) groups excluding carboxylic acids is 1. The molecule has 3 nitrogen and oxygen atoms in total. The van der Waals surface area contributed by atoms with Gasteiger partial charge in [0.05, 0.1) is 0 Å². The van der Waals surface area contributed by atoms with E-state index in [-0.39, 0.29) is 5.78 Å². The maximum Gasteiger partial charge on any atom is 0.164 e. The number of carbonyl (C=O) groups is 1. The molecular formula is C15H21ClN2O. The number of nitrogens with one attached hydrogen (secondary N) is 1. The van der Waals surface area contributed by atoms with Gasteiger partial charge in [-0.2, -0.15) is 0 Å². The van der Waals surface area contributed by atoms with E-state index in [1.54, 1.807) is 0 Å². The summed E-state index contributed by atoms with van der Waals surface area (Å²) in [5.74, 6) is 0.193. The number of halogens is 1. The molecule has 1 aromatic carbocycles. The Bertz CT molecular complexity index is 467. The Balaban J connectivity index is 1.97. The van der Waals surface area contributed by atoms with Crippen LogP contribution >= 0.6 is 11.6 Å². The third-order valence-electron chi connectivity index (χ3n) is 3.67. The summed E-state index contributed by atoms with van der Waals surface area (Å²) < 4.78 is 0. The quantitative estimate of drug-likeness (QED) is 0.860. The van der Waals surface area contributed by atoms with Crippen molar-refractivity contribution in [2.24, 2.45) is 0 Å². The van der Waals surface area contributed by atoms with Gasteiger partial charge in [0, 0.05) is 49.7 Å². The largest absolute Gasteiger partial charge is 0.314 e. The number of benzene rings is 1. The lowest BCUT2D eigenvalue weighted by atomic mass is 10.0. The Morgan fingerprint density at radius 3 is 2.63 bits per heavy atom. The highest BCUT2D eigenvalue weighted by Gasteiger charge is 2.14. The zero-order valence-corrected chi connectivity index (χ0v) is 12.4. The van der Waals surface area contributed by atoms with Gasteiger partial charge in [0.25, 0.3) is 0 Å². The second kappa shape index (κ2) is 6.51. The van der Waals surface area contributed by atoms with Gasteiger partial charge in [-0.1, -0.05) is 17.7 Å². The normalized spacial score (nSPS) is 16.6. The molecule has 0 aromatic heterocycles. The van der Waals surface area contributed by atoms with Gasteiger partial charge in [-0.25, -0.2) is 0 Å². The van der Waals surface area contributed by atoms with E-state index in [1.165, 1.54) is 0 Å². The van der Waals surface area contributed by atoms with Crippen LogP contribution in [0.25, 0.3) is 0 Å². The van der Waals surface area contributed by atoms with Gasteiger partial charge in [-0.3, -0.25) is 4.79 Å². The zero-order valence-electron chi connectivity index (χ0n) is 11.6. The zero-order chi connectivity index (χ0) is 13.8. The van der Waals surface area contributed by atoms with Crippen molar-refractivity contribution >= 4 is 17.4 Å². The molecule has 0 saturated carbocycles. The minimum atomic E-state index is 0.193. The van der Waals surface area contributed by atoms with Crippen LogP contribution in [0, 0.1) is 13.8 Å². The third kappa shape index (κ3) is 3.78. The third-order valence-corrected chi connectivity index (χ3v) is 4.08. The van der Waals surface area contributed by atoms with Crippen molar-refractivity contribution in [1.82, 2.24) is 10.2 Å². The van der Waals surface area contributed by atoms with Gasteiger partial charge in [-0.15, -0.1) is 0 Å². The first-order valence-electron chi connectivity index (χ1n) is 6.81. The smallest absolute Gasteiger partial charge is 0.164 e. The molecule has 0 spiro atoms. The highest BCUT2D eigenvalue weighted by Crippen LogP contribution is 2.21. The summed E-state index contributed by atoms with van der Waals surface area (Å²) in [6.45, 7) is 8.87. The first-order chi connectivity index (χ1) is 9.08. The Morgan fingerprint density at radius 1 is 1.26 bits per heavy atom. The SMILES string of the molecule is Cc1cc(C)c(C(=O)CCN2CCNCC2)cc1Cl. The van der Waals surface area contributed by atoms with Crippen LogP contribution in [0.5, 0.6) is 0 Å². The number of nitrogens with zero attached hydrogens (tertiary/aromatic N) is 1. The first kappa shape index (κ1) is 14.5. The van der Waals surface area contributed by atoms with Crippen LogP contribution < -0.4 is 5.32 Å². The predicted molar refractivity (Wildman–Crippen MR) is 79.2 cm³/mol. The highest BCUT2D eigenvalue weighted by molar-refractivity contribution is 6.31. The molecule has 1 aliphatic rings. The lowest BCUT2D eigenvalue weighted by Gasteiger charge is -2.26. The molecule has 0 unspecified atom stereocenters. The Labute approximate surface area is 119 Å². The van der Waals surface area contributed by atoms with Crippen LogP contribution in [-0.2, 0) is 0 Å². The van der Waals surface area contributed by atoms with E-state index in [1.807, 2.05) is 26.0 Å². The average Bonchev–Trinajstić information content (AvgIpc) is 2.41. The number of rotatable bonds is 4. The van der Waals surface area contributed by atoms with Crippen LogP contribution in [0.2, 0.25) is 5.02 Å². The molecule has 1 heterocycles. The number of piperazine rings is 1. The van der Waals surface area contributed by atoms with Crippen molar-refractivity contribution in [3.8, 4) is 0 Å². The molecule has 1 saturated heterocycles. The first-order valence-corrected chi connectivity index (χ1v) is 7.19. The van der Waals surface area contributed by atoms with E-state index >= 15 is 0 Å². The molecule has 1 aliphatic heterocycles. The van der Waals surface area contributed by atoms with Crippen LogP contribution in [0.1, 0.15) is 27.9 Å². The van der Waals surface area contributed by atoms with E-state index in [4.69, 9.17) is 11.6 Å². The Morgan fingerprint density at radius 2 is 1.95 bits per heavy atom. The molecular weight excluding hydrogens is 260 g/mol. The van der Waals surface area contributed by atoms with Gasteiger partial charge in [0.2, 0.25) is 0 Å². The highest BCUT2D eigenvalue weighted by atomic mass is 35.5. The Hall–Kier alpha value is -0.900. The summed E-state index contributed by atoms with van der Waals surface area (Å²) in [6.07, 6.45) is 0.570. The molecule has 2 rings (SSSR count). The lowest BCUT2D eigenvalue weighted by molar-refractivity contribution is 0.0960. The second-order valence-corrected chi connectivity index (χ2v) is 5.59. The van der Waals surface area contributed by atoms with Crippen molar-refractivity contribution in [3.63, 3.8) is 0 Å². The predicted octanol–water partition coefficient (Wildman–Crippen LogP) is 2.43. The molecule has 1 aromatic rings. The van der Waals surface area contributed by atoms with Gasteiger partial charge >= 0.3 is 0 Å². The molecule has 0 bridgehead atoms. The summed E-state index contributed by atoms with van der Waals surface area (Å²) in [4.78, 5) is 14.6. The van der Waals surface area contributed by atoms with Crippen molar-refractivity contribution in [2.75, 3.05) is 32.7 Å². The van der Waals surface area contributed by atoms with Crippen molar-refractivity contribution in [3.05, 3.63) is 33.8 Å². The number of aryl methyl sites for hydroxylation is 2. The van der Waals surface area contributed by atoms with Crippen molar-refractivity contribution < 1.29 is 4.79 Å². The summed E-state index contributed by atoms with van der Waals surface area (Å²) in [5, 5.41) is 3.99. The molecule has 1 N–H and O–H groups in total. The molecule has 0 amide bonds. The molecule has 4 heteroatoms. The van der Waals surface area contributed by atoms with Crippen molar-refractivity contribution in [2.45, 2.75) is 20.3 Å². The van der Waals surface area contributed by atoms with E-state index in [0.29, 0.717) is 11.4 Å². The van der Waals surface area contributed by atoms with E-state index in [0.717, 1.165) is 49.4 Å². The van der Waals surface area contributed by atoms with Gasteiger partial charge in [-0.05, 0) is 31.0 Å². The van der Waals surface area contributed by atoms with Crippen LogP contribution in [-0.4, -0.2) is 43.4 Å². The standard InChI is InChI=1S/C15H21ClN2O/c1-11-9-12(2)14(16)10-13(11)15(19)3-6-18-7-4-17-5-8-18/h9-10,17H,3-8H2,1-2H3. The second-order valence-electron chi connectivity index (χ2n) is 5.18. The molecule has 104 valence electrons. The molecule has 0 radical (unpaired) electrons. The maximum absolute atomic E-state index is 12.3. The summed E-state index contributed by atoms with van der Waals surface area (Å²) >= 11 is 6.11. The van der Waals surface area contributed by atoms with E-state index < -0.39 is 0 Å². The van der Waals surface area contributed by atoms with Gasteiger partial charge in [0.1, 0.15) is 0 Å². The van der Waals surface area contributed by atoms with Crippen LogP contribution in [0.15, 0.2) is 12.1 Å². The number of hydrogen-bond acceptors (Lipinski definition) is 3. The fourth-order valence-electron chi connectivity index (χ4n) is 2.46. The molecule has 0 atom stereocenters. The minimum Gasteiger partial charge on any atom is -0.314 e. The lowest BCUT2D eigenvalue weighted by Crippen LogP contribution is -2.44. The number of Topliss-reactive ketones (excluding diaryl/α,β-unsaturated/α-hetero) is 1. The summed E-state index contributed by atoms with van der Waals surface area (Å²) in [7, 11) is 0. The van der Waals surface area contributed by atoms with Crippen LogP contribution in [0.3, 0.4) is 0 Å². The van der Waals surface area contributed by atoms with Crippen molar-refractivity contribution in [1.29, 1.82) is 0 Å². The molecule has 0 aliphatic carbocycles. The monoisotopic (exact) mass is 280 g/mol. The van der Waals surface area contributed by atoms with E-state index in [2.05, 4.69) is 10.2 Å². The Kier molecular flexibility index (Phi) is 4.97. The average molecular weight is 281 g/mol. The number of hydrogen-bond donors (Lipinski definition) is 1. The minimum absolute atomic E-state index is 0.193. The number of ketones is 1. The molecule has 19 heavy (non-hydrogen) atoms. The van der Waals surface area contributed by atoms with Gasteiger partial charge in [0.15, 0.2) is 5.78 Å². The maximum atomic E-state index is 12.3. The van der Waals surface area contributed by atoms with Gasteiger partial charge < -0.3 is 10.2 Å². The van der Waals surface area contributed by atoms with E-state index in [9.17, 15) is 4.79 Å². The summed E-state index contributed by atoms with van der Waals surface area (Å²) in [6, 6.07) is 3.80. The fraction of sp³-hybridized carbons (Fsp3) is 0.533. The van der Waals surface area contributed by atoms with Crippen LogP contribution in [0.4, 0.5) is 0 Å². The topological polar surface area (TPSA) is 32.3 Å². The fourth-order valence-corrected chi connectivity index (χ4v) is 2.62. The molecule has 1 fully saturated rings.